The van der Waals surface area contributed by atoms with Gasteiger partial charge in [-0.2, -0.15) is 0 Å². The molecule has 4 nitrogen and oxygen atoms in total. The maximum atomic E-state index is 12.2. The Labute approximate surface area is 171 Å². The zero-order valence-corrected chi connectivity index (χ0v) is 16.9. The van der Waals surface area contributed by atoms with Crippen LogP contribution in [0.2, 0.25) is 0 Å². The van der Waals surface area contributed by atoms with E-state index in [-0.39, 0.29) is 0 Å². The van der Waals surface area contributed by atoms with E-state index in [4.69, 9.17) is 14.2 Å². The number of unbranched alkanes of at least 4 members (excludes halogenated alkanes) is 1. The second kappa shape index (κ2) is 9.78. The van der Waals surface area contributed by atoms with Gasteiger partial charge in [-0.25, -0.2) is 4.79 Å². The molecule has 29 heavy (non-hydrogen) atoms. The number of fused-ring (bicyclic) bond motifs is 1. The molecule has 0 N–H and O–H groups in total. The summed E-state index contributed by atoms with van der Waals surface area (Å²) >= 11 is 0. The monoisotopic (exact) mass is 390 g/mol. The van der Waals surface area contributed by atoms with Crippen LogP contribution in [-0.4, -0.2) is 19.7 Å². The van der Waals surface area contributed by atoms with Crippen molar-refractivity contribution in [2.45, 2.75) is 26.4 Å². The predicted octanol–water partition coefficient (Wildman–Crippen LogP) is 5.99. The van der Waals surface area contributed by atoms with Crippen LogP contribution in [0, 0.1) is 0 Å². The van der Waals surface area contributed by atoms with Crippen LogP contribution < -0.4 is 4.74 Å². The van der Waals surface area contributed by atoms with Crippen molar-refractivity contribution in [1.29, 1.82) is 0 Å². The fourth-order valence-electron chi connectivity index (χ4n) is 3.10. The van der Waals surface area contributed by atoms with Crippen LogP contribution in [0.25, 0.3) is 16.5 Å². The van der Waals surface area contributed by atoms with E-state index in [9.17, 15) is 4.79 Å². The van der Waals surface area contributed by atoms with Gasteiger partial charge in [-0.1, -0.05) is 62.4 Å². The summed E-state index contributed by atoms with van der Waals surface area (Å²) in [4.78, 5) is 12.2. The zero-order chi connectivity index (χ0) is 20.6. The van der Waals surface area contributed by atoms with Crippen molar-refractivity contribution in [1.82, 2.24) is 0 Å². The third-order valence-electron chi connectivity index (χ3n) is 4.69. The lowest BCUT2D eigenvalue weighted by atomic mass is 9.99. The second-order valence-corrected chi connectivity index (χ2v) is 6.77. The first-order chi connectivity index (χ1) is 14.1. The summed E-state index contributed by atoms with van der Waals surface area (Å²) in [5.41, 5.74) is 2.27. The van der Waals surface area contributed by atoms with Crippen LogP contribution in [-0.2, 0) is 16.1 Å². The van der Waals surface area contributed by atoms with E-state index in [1.54, 1.807) is 12.1 Å². The highest BCUT2D eigenvalue weighted by Crippen LogP contribution is 2.33. The van der Waals surface area contributed by atoms with Gasteiger partial charge in [0.2, 0.25) is 0 Å². The summed E-state index contributed by atoms with van der Waals surface area (Å²) in [5, 5.41) is 1.74. The molecule has 0 spiro atoms. The molecular weight excluding hydrogens is 364 g/mol. The Balaban J connectivity index is 2.01. The molecule has 0 saturated heterocycles. The number of carbonyl (C=O) groups excluding carboxylic acids is 1. The smallest absolute Gasteiger partial charge is 0.337 e. The van der Waals surface area contributed by atoms with E-state index >= 15 is 0 Å². The first kappa shape index (κ1) is 20.5. The molecule has 4 heteroatoms. The normalized spacial score (nSPS) is 10.6. The van der Waals surface area contributed by atoms with Gasteiger partial charge in [-0.15, -0.1) is 0 Å². The molecule has 0 aliphatic carbocycles. The third kappa shape index (κ3) is 4.96. The molecule has 0 fully saturated rings. The first-order valence-corrected chi connectivity index (χ1v) is 9.78. The van der Waals surface area contributed by atoms with Gasteiger partial charge in [-0.05, 0) is 35.6 Å². The van der Waals surface area contributed by atoms with Gasteiger partial charge >= 0.3 is 5.97 Å². The summed E-state index contributed by atoms with van der Waals surface area (Å²) in [6.45, 7) is 7.21. The number of hydrogen-bond donors (Lipinski definition) is 0. The largest absolute Gasteiger partial charge is 0.494 e. The van der Waals surface area contributed by atoms with Gasteiger partial charge in [0.1, 0.15) is 18.1 Å². The van der Waals surface area contributed by atoms with Crippen molar-refractivity contribution in [2.75, 3.05) is 13.7 Å². The number of hydrogen-bond acceptors (Lipinski definition) is 4. The second-order valence-electron chi connectivity index (χ2n) is 6.77. The molecule has 3 aromatic carbocycles. The molecule has 0 unspecified atom stereocenters. The Morgan fingerprint density at radius 2 is 1.79 bits per heavy atom. The average Bonchev–Trinajstić information content (AvgIpc) is 2.77. The van der Waals surface area contributed by atoms with Crippen LogP contribution in [0.1, 0.15) is 41.3 Å². The van der Waals surface area contributed by atoms with E-state index in [2.05, 4.69) is 13.5 Å². The first-order valence-electron chi connectivity index (χ1n) is 9.78. The van der Waals surface area contributed by atoms with E-state index in [0.717, 1.165) is 34.7 Å². The van der Waals surface area contributed by atoms with Crippen LogP contribution in [0.5, 0.6) is 5.75 Å². The maximum Gasteiger partial charge on any atom is 0.337 e. The summed E-state index contributed by atoms with van der Waals surface area (Å²) in [6, 6.07) is 19.3. The van der Waals surface area contributed by atoms with Crippen molar-refractivity contribution < 1.29 is 19.0 Å². The molecule has 3 aromatic rings. The lowest BCUT2D eigenvalue weighted by Crippen LogP contribution is -2.04. The predicted molar refractivity (Wildman–Crippen MR) is 116 cm³/mol. The Hall–Kier alpha value is -3.27. The van der Waals surface area contributed by atoms with Crippen LogP contribution in [0.3, 0.4) is 0 Å². The van der Waals surface area contributed by atoms with Crippen LogP contribution in [0.15, 0.2) is 67.2 Å². The van der Waals surface area contributed by atoms with Crippen molar-refractivity contribution in [3.05, 3.63) is 83.9 Å². The number of rotatable bonds is 9. The standard InChI is InChI=1S/C25H26O4/c1-4-5-14-28-18(2)22-15-20(25(26)27-3)16-23-21(22)12-9-13-24(23)29-17-19-10-7-6-8-11-19/h6-13,15-16H,2,4-5,14,17H2,1,3H3. The molecule has 0 radical (unpaired) electrons. The average molecular weight is 390 g/mol. The lowest BCUT2D eigenvalue weighted by Gasteiger charge is -2.16. The Morgan fingerprint density at radius 1 is 1.00 bits per heavy atom. The molecule has 0 aromatic heterocycles. The third-order valence-corrected chi connectivity index (χ3v) is 4.69. The maximum absolute atomic E-state index is 12.2. The fraction of sp³-hybridized carbons (Fsp3) is 0.240. The van der Waals surface area contributed by atoms with Gasteiger partial charge in [0, 0.05) is 10.9 Å². The van der Waals surface area contributed by atoms with Crippen molar-refractivity contribution in [3.63, 3.8) is 0 Å². The van der Waals surface area contributed by atoms with E-state index in [1.807, 2.05) is 48.5 Å². The molecule has 0 heterocycles. The number of esters is 1. The zero-order valence-electron chi connectivity index (χ0n) is 16.9. The summed E-state index contributed by atoms with van der Waals surface area (Å²) in [6.07, 6.45) is 1.98. The molecule has 0 atom stereocenters. The van der Waals surface area contributed by atoms with E-state index < -0.39 is 5.97 Å². The SMILES string of the molecule is C=C(OCCCC)c1cc(C(=O)OC)cc2c(OCc3ccccc3)cccc12. The molecule has 0 bridgehead atoms. The van der Waals surface area contributed by atoms with Gasteiger partial charge < -0.3 is 14.2 Å². The summed E-state index contributed by atoms with van der Waals surface area (Å²) in [5.74, 6) is 0.821. The molecule has 0 saturated carbocycles. The molecular formula is C25H26O4. The molecule has 0 amide bonds. The molecule has 3 rings (SSSR count). The molecule has 0 aliphatic rings. The van der Waals surface area contributed by atoms with Gasteiger partial charge in [0.25, 0.3) is 0 Å². The van der Waals surface area contributed by atoms with Crippen molar-refractivity contribution in [3.8, 4) is 5.75 Å². The highest BCUT2D eigenvalue weighted by molar-refractivity contribution is 6.02. The lowest BCUT2D eigenvalue weighted by molar-refractivity contribution is 0.0601. The topological polar surface area (TPSA) is 44.8 Å². The van der Waals surface area contributed by atoms with Crippen molar-refractivity contribution in [2.24, 2.45) is 0 Å². The fourth-order valence-corrected chi connectivity index (χ4v) is 3.10. The Morgan fingerprint density at radius 3 is 2.52 bits per heavy atom. The molecule has 0 aliphatic heterocycles. The van der Waals surface area contributed by atoms with Gasteiger partial charge in [0.15, 0.2) is 0 Å². The number of benzene rings is 3. The van der Waals surface area contributed by atoms with Gasteiger partial charge in [-0.3, -0.25) is 0 Å². The highest BCUT2D eigenvalue weighted by Gasteiger charge is 2.16. The van der Waals surface area contributed by atoms with Gasteiger partial charge in [0.05, 0.1) is 19.3 Å². The number of carbonyl (C=O) groups is 1. The van der Waals surface area contributed by atoms with Crippen LogP contribution in [0.4, 0.5) is 0 Å². The highest BCUT2D eigenvalue weighted by atomic mass is 16.5. The minimum absolute atomic E-state index is 0.410. The molecule has 150 valence electrons. The number of methoxy groups -OCH3 is 1. The van der Waals surface area contributed by atoms with E-state index in [0.29, 0.717) is 30.3 Å². The van der Waals surface area contributed by atoms with Crippen LogP contribution >= 0.6 is 0 Å². The Kier molecular flexibility index (Phi) is 6.90. The Bertz CT molecular complexity index is 992. The quantitative estimate of drug-likeness (QED) is 0.256. The van der Waals surface area contributed by atoms with Crippen molar-refractivity contribution >= 4 is 22.5 Å². The van der Waals surface area contributed by atoms with E-state index in [1.165, 1.54) is 7.11 Å². The number of ether oxygens (including phenoxy) is 3. The minimum atomic E-state index is -0.410. The summed E-state index contributed by atoms with van der Waals surface area (Å²) < 4.78 is 16.8. The minimum Gasteiger partial charge on any atom is -0.494 e. The summed E-state index contributed by atoms with van der Waals surface area (Å²) in [7, 11) is 1.37.